The molecule has 0 aromatic carbocycles. The lowest BCUT2D eigenvalue weighted by Gasteiger charge is -2.58. The quantitative estimate of drug-likeness (QED) is 0.511. The predicted octanol–water partition coefficient (Wildman–Crippen LogP) is -0.152. The zero-order valence-corrected chi connectivity index (χ0v) is 14.0. The molecule has 0 bridgehead atoms. The molecule has 0 saturated carbocycles. The van der Waals surface area contributed by atoms with Crippen LogP contribution in [0, 0.1) is 0 Å². The van der Waals surface area contributed by atoms with Gasteiger partial charge in [0.2, 0.25) is 17.6 Å². The number of β-lactam (4-membered cyclic amide) rings is 1. The molecule has 8 nitrogen and oxygen atoms in total. The first-order chi connectivity index (χ1) is 11.5. The van der Waals surface area contributed by atoms with Crippen molar-refractivity contribution in [3.63, 3.8) is 0 Å². The van der Waals surface area contributed by atoms with E-state index >= 15 is 0 Å². The van der Waals surface area contributed by atoms with Gasteiger partial charge in [0, 0.05) is 18.8 Å². The second-order valence-corrected chi connectivity index (χ2v) is 6.40. The number of carbonyl (C=O) groups excluding carboxylic acids is 2. The molecular formula is C16H23N5O3. The first-order valence-corrected chi connectivity index (χ1v) is 8.35. The van der Waals surface area contributed by atoms with E-state index in [9.17, 15) is 14.7 Å². The van der Waals surface area contributed by atoms with Crippen LogP contribution in [0.3, 0.4) is 0 Å². The number of likely N-dealkylation sites (tertiary alicyclic amines) is 1. The summed E-state index contributed by atoms with van der Waals surface area (Å²) in [5, 5.41) is 17.0. The summed E-state index contributed by atoms with van der Waals surface area (Å²) in [5.41, 5.74) is -0.655. The molecule has 2 amide bonds. The van der Waals surface area contributed by atoms with Gasteiger partial charge in [0.15, 0.2) is 0 Å². The molecule has 3 unspecified atom stereocenters. The van der Waals surface area contributed by atoms with Crippen molar-refractivity contribution in [1.29, 1.82) is 0 Å². The third-order valence-corrected chi connectivity index (χ3v) is 4.91. The Morgan fingerprint density at radius 2 is 2.25 bits per heavy atom. The molecular weight excluding hydrogens is 310 g/mol. The molecule has 1 aromatic rings. The van der Waals surface area contributed by atoms with Crippen LogP contribution in [-0.4, -0.2) is 49.9 Å². The van der Waals surface area contributed by atoms with Crippen LogP contribution in [-0.2, 0) is 15.4 Å². The van der Waals surface area contributed by atoms with Crippen LogP contribution in [0.5, 0.6) is 0 Å². The minimum Gasteiger partial charge on any atom is -0.348 e. The SMILES string of the molecule is CCCC(=O)NC(O)(c1ncccn1)N1C(=O)C2(CCCN2)C1C. The molecule has 2 fully saturated rings. The second-order valence-electron chi connectivity index (χ2n) is 6.40. The third-order valence-electron chi connectivity index (χ3n) is 4.91. The van der Waals surface area contributed by atoms with Crippen LogP contribution in [0.4, 0.5) is 0 Å². The molecule has 8 heteroatoms. The lowest BCUT2D eigenvalue weighted by Crippen LogP contribution is -2.83. The fraction of sp³-hybridized carbons (Fsp3) is 0.625. The summed E-state index contributed by atoms with van der Waals surface area (Å²) in [6.07, 6.45) is 5.45. The standard InChI is InChI=1S/C16H23N5O3/c1-3-6-12(22)20-16(24,13-17-8-5-9-18-13)21-11(2)15(14(21)23)7-4-10-19-15/h5,8-9,11,19,24H,3-4,6-7,10H2,1-2H3,(H,20,22). The lowest BCUT2D eigenvalue weighted by molar-refractivity contribution is -0.224. The van der Waals surface area contributed by atoms with Crippen molar-refractivity contribution >= 4 is 11.8 Å². The van der Waals surface area contributed by atoms with Crippen molar-refractivity contribution in [3.8, 4) is 0 Å². The van der Waals surface area contributed by atoms with E-state index in [0.29, 0.717) is 6.42 Å². The van der Waals surface area contributed by atoms with Gasteiger partial charge in [-0.2, -0.15) is 0 Å². The highest BCUT2D eigenvalue weighted by atomic mass is 16.3. The average molecular weight is 333 g/mol. The van der Waals surface area contributed by atoms with Crippen molar-refractivity contribution in [1.82, 2.24) is 25.5 Å². The number of aromatic nitrogens is 2. The predicted molar refractivity (Wildman–Crippen MR) is 85.3 cm³/mol. The van der Waals surface area contributed by atoms with Crippen molar-refractivity contribution in [3.05, 3.63) is 24.3 Å². The average Bonchev–Trinajstić information content (AvgIpc) is 3.08. The Balaban J connectivity index is 1.94. The van der Waals surface area contributed by atoms with Crippen LogP contribution >= 0.6 is 0 Å². The smallest absolute Gasteiger partial charge is 0.285 e. The molecule has 2 aliphatic heterocycles. The molecule has 2 saturated heterocycles. The van der Waals surface area contributed by atoms with Gasteiger partial charge in [0.1, 0.15) is 5.54 Å². The number of hydrogen-bond acceptors (Lipinski definition) is 6. The largest absolute Gasteiger partial charge is 0.348 e. The van der Waals surface area contributed by atoms with Gasteiger partial charge in [-0.3, -0.25) is 14.5 Å². The summed E-state index contributed by atoms with van der Waals surface area (Å²) in [7, 11) is 0. The monoisotopic (exact) mass is 333 g/mol. The van der Waals surface area contributed by atoms with Crippen molar-refractivity contribution in [2.24, 2.45) is 0 Å². The Kier molecular flexibility index (Phi) is 4.27. The van der Waals surface area contributed by atoms with E-state index in [2.05, 4.69) is 20.6 Å². The van der Waals surface area contributed by atoms with Gasteiger partial charge >= 0.3 is 0 Å². The maximum absolute atomic E-state index is 12.9. The minimum absolute atomic E-state index is 0.0116. The highest BCUT2D eigenvalue weighted by molar-refractivity contribution is 5.95. The maximum atomic E-state index is 12.9. The Hall–Kier alpha value is -2.06. The number of hydrogen-bond donors (Lipinski definition) is 3. The number of aliphatic hydroxyl groups is 1. The summed E-state index contributed by atoms with van der Waals surface area (Å²) >= 11 is 0. The zero-order valence-electron chi connectivity index (χ0n) is 14.0. The first kappa shape index (κ1) is 16.8. The summed E-state index contributed by atoms with van der Waals surface area (Å²) in [6, 6.07) is 1.32. The highest BCUT2D eigenvalue weighted by Crippen LogP contribution is 2.43. The Labute approximate surface area is 140 Å². The van der Waals surface area contributed by atoms with Crippen molar-refractivity contribution in [2.75, 3.05) is 6.54 Å². The van der Waals surface area contributed by atoms with E-state index in [-0.39, 0.29) is 30.1 Å². The van der Waals surface area contributed by atoms with Gasteiger partial charge in [-0.05, 0) is 38.8 Å². The number of rotatable bonds is 5. The Morgan fingerprint density at radius 1 is 1.54 bits per heavy atom. The molecule has 0 radical (unpaired) electrons. The lowest BCUT2D eigenvalue weighted by atomic mass is 9.77. The number of carbonyl (C=O) groups is 2. The van der Waals surface area contributed by atoms with E-state index in [1.54, 1.807) is 6.07 Å². The van der Waals surface area contributed by atoms with Gasteiger partial charge < -0.3 is 15.7 Å². The fourth-order valence-corrected chi connectivity index (χ4v) is 3.64. The Morgan fingerprint density at radius 3 is 2.79 bits per heavy atom. The summed E-state index contributed by atoms with van der Waals surface area (Å²) in [5.74, 6) is -2.64. The minimum atomic E-state index is -2.04. The van der Waals surface area contributed by atoms with E-state index in [1.807, 2.05) is 13.8 Å². The normalized spacial score (nSPS) is 28.5. The third kappa shape index (κ3) is 2.37. The van der Waals surface area contributed by atoms with Crippen LogP contribution in [0.15, 0.2) is 18.5 Å². The molecule has 0 aliphatic carbocycles. The molecule has 3 atom stereocenters. The van der Waals surface area contributed by atoms with Gasteiger partial charge in [-0.25, -0.2) is 9.97 Å². The molecule has 3 N–H and O–H groups in total. The van der Waals surface area contributed by atoms with Crippen LogP contribution in [0.1, 0.15) is 45.4 Å². The zero-order chi connectivity index (χ0) is 17.4. The summed E-state index contributed by atoms with van der Waals surface area (Å²) in [4.78, 5) is 34.4. The molecule has 3 heterocycles. The summed E-state index contributed by atoms with van der Waals surface area (Å²) < 4.78 is 0. The van der Waals surface area contributed by atoms with Crippen molar-refractivity contribution < 1.29 is 14.7 Å². The van der Waals surface area contributed by atoms with Gasteiger partial charge in [-0.15, -0.1) is 0 Å². The second kappa shape index (κ2) is 6.10. The molecule has 1 aromatic heterocycles. The fourth-order valence-electron chi connectivity index (χ4n) is 3.64. The molecule has 24 heavy (non-hydrogen) atoms. The first-order valence-electron chi connectivity index (χ1n) is 8.35. The molecule has 2 aliphatic rings. The highest BCUT2D eigenvalue weighted by Gasteiger charge is 2.66. The summed E-state index contributed by atoms with van der Waals surface area (Å²) in [6.45, 7) is 4.50. The molecule has 130 valence electrons. The van der Waals surface area contributed by atoms with Gasteiger partial charge in [-0.1, -0.05) is 6.92 Å². The van der Waals surface area contributed by atoms with E-state index < -0.39 is 11.4 Å². The Bertz CT molecular complexity index is 632. The number of nitrogens with one attached hydrogen (secondary N) is 2. The number of nitrogens with zero attached hydrogens (tertiary/aromatic N) is 3. The number of amides is 2. The molecule has 1 spiro atoms. The van der Waals surface area contributed by atoms with Crippen molar-refractivity contribution in [2.45, 2.75) is 57.0 Å². The van der Waals surface area contributed by atoms with Gasteiger partial charge in [0.05, 0.1) is 6.04 Å². The maximum Gasteiger partial charge on any atom is 0.285 e. The van der Waals surface area contributed by atoms with E-state index in [1.165, 1.54) is 17.3 Å². The van der Waals surface area contributed by atoms with E-state index in [0.717, 1.165) is 19.4 Å². The van der Waals surface area contributed by atoms with Crippen LogP contribution in [0.25, 0.3) is 0 Å². The van der Waals surface area contributed by atoms with E-state index in [4.69, 9.17) is 0 Å². The van der Waals surface area contributed by atoms with Crippen LogP contribution in [0.2, 0.25) is 0 Å². The molecule has 3 rings (SSSR count). The van der Waals surface area contributed by atoms with Gasteiger partial charge in [0.25, 0.3) is 5.85 Å². The van der Waals surface area contributed by atoms with Crippen LogP contribution < -0.4 is 10.6 Å². The topological polar surface area (TPSA) is 107 Å².